The fourth-order valence-electron chi connectivity index (χ4n) is 2.42. The van der Waals surface area contributed by atoms with Crippen LogP contribution in [0.2, 0.25) is 0 Å². The summed E-state index contributed by atoms with van der Waals surface area (Å²) in [4.78, 5) is 2.18. The summed E-state index contributed by atoms with van der Waals surface area (Å²) in [5.74, 6) is 0. The van der Waals surface area contributed by atoms with Gasteiger partial charge in [0, 0.05) is 32.4 Å². The molecule has 0 spiro atoms. The number of benzene rings is 1. The van der Waals surface area contributed by atoms with Gasteiger partial charge in [-0.2, -0.15) is 5.26 Å². The van der Waals surface area contributed by atoms with Crippen LogP contribution in [0.1, 0.15) is 22.9 Å². The summed E-state index contributed by atoms with van der Waals surface area (Å²) in [6.45, 7) is 1.69. The Labute approximate surface area is 126 Å². The zero-order chi connectivity index (χ0) is 15.2. The first-order valence-corrected chi connectivity index (χ1v) is 7.08. The second-order valence-electron chi connectivity index (χ2n) is 5.56. The zero-order valence-electron chi connectivity index (χ0n) is 12.9. The lowest BCUT2D eigenvalue weighted by Gasteiger charge is -2.22. The van der Waals surface area contributed by atoms with Crippen LogP contribution in [0.5, 0.6) is 0 Å². The van der Waals surface area contributed by atoms with E-state index in [-0.39, 0.29) is 6.04 Å². The Bertz CT molecular complexity index is 607. The van der Waals surface area contributed by atoms with Crippen LogP contribution in [-0.2, 0) is 13.6 Å². The molecule has 1 N–H and O–H groups in total. The highest BCUT2D eigenvalue weighted by Gasteiger charge is 2.12. The van der Waals surface area contributed by atoms with Crippen LogP contribution in [0.3, 0.4) is 0 Å². The molecule has 1 aromatic heterocycles. The average molecular weight is 282 g/mol. The first kappa shape index (κ1) is 15.3. The van der Waals surface area contributed by atoms with Crippen LogP contribution >= 0.6 is 0 Å². The van der Waals surface area contributed by atoms with Gasteiger partial charge in [-0.15, -0.1) is 0 Å². The van der Waals surface area contributed by atoms with E-state index in [0.717, 1.165) is 18.7 Å². The minimum Gasteiger partial charge on any atom is -0.342 e. The number of nitrogens with one attached hydrogen (secondary N) is 1. The summed E-state index contributed by atoms with van der Waals surface area (Å²) in [6.07, 6.45) is 2.00. The van der Waals surface area contributed by atoms with E-state index in [1.165, 1.54) is 5.56 Å². The van der Waals surface area contributed by atoms with Gasteiger partial charge in [0.2, 0.25) is 0 Å². The normalized spacial score (nSPS) is 12.3. The van der Waals surface area contributed by atoms with Crippen LogP contribution in [-0.4, -0.2) is 30.1 Å². The Kier molecular flexibility index (Phi) is 5.15. The summed E-state index contributed by atoms with van der Waals surface area (Å²) in [6, 6.07) is 14.9. The van der Waals surface area contributed by atoms with Crippen LogP contribution in [0.15, 0.2) is 42.6 Å². The predicted molar refractivity (Wildman–Crippen MR) is 84.7 cm³/mol. The Balaban J connectivity index is 2.07. The number of rotatable bonds is 6. The molecule has 0 radical (unpaired) electrons. The Morgan fingerprint density at radius 1 is 1.29 bits per heavy atom. The van der Waals surface area contributed by atoms with Gasteiger partial charge in [-0.3, -0.25) is 0 Å². The molecule has 0 saturated heterocycles. The number of aryl methyl sites for hydroxylation is 1. The van der Waals surface area contributed by atoms with E-state index in [1.54, 1.807) is 0 Å². The molecule has 0 fully saturated rings. The molecule has 0 bridgehead atoms. The fourth-order valence-corrected chi connectivity index (χ4v) is 2.42. The van der Waals surface area contributed by atoms with Crippen LogP contribution in [0.25, 0.3) is 0 Å². The van der Waals surface area contributed by atoms with Crippen molar-refractivity contribution in [3.05, 3.63) is 59.4 Å². The minimum atomic E-state index is 0.270. The van der Waals surface area contributed by atoms with E-state index in [1.807, 2.05) is 29.9 Å². The SMILES string of the molecule is CN(C)CC(NCc1cc(C#N)n(C)c1)c1ccccc1. The number of likely N-dealkylation sites (N-methyl/N-ethyl adjacent to an activating group) is 1. The monoisotopic (exact) mass is 282 g/mol. The van der Waals surface area contributed by atoms with E-state index in [4.69, 9.17) is 5.26 Å². The van der Waals surface area contributed by atoms with Gasteiger partial charge >= 0.3 is 0 Å². The van der Waals surface area contributed by atoms with Crippen molar-refractivity contribution in [1.29, 1.82) is 5.26 Å². The Morgan fingerprint density at radius 3 is 2.57 bits per heavy atom. The first-order valence-electron chi connectivity index (χ1n) is 7.08. The summed E-state index contributed by atoms with van der Waals surface area (Å²) < 4.78 is 1.86. The third kappa shape index (κ3) is 4.19. The highest BCUT2D eigenvalue weighted by Crippen LogP contribution is 2.15. The van der Waals surface area contributed by atoms with Crippen molar-refractivity contribution in [2.45, 2.75) is 12.6 Å². The van der Waals surface area contributed by atoms with Crippen molar-refractivity contribution in [1.82, 2.24) is 14.8 Å². The molecule has 0 aliphatic heterocycles. The minimum absolute atomic E-state index is 0.270. The van der Waals surface area contributed by atoms with Gasteiger partial charge in [0.05, 0.1) is 0 Å². The van der Waals surface area contributed by atoms with Crippen LogP contribution in [0, 0.1) is 11.3 Å². The van der Waals surface area contributed by atoms with Crippen molar-refractivity contribution >= 4 is 0 Å². The van der Waals surface area contributed by atoms with E-state index in [0.29, 0.717) is 5.69 Å². The van der Waals surface area contributed by atoms with E-state index in [2.05, 4.69) is 54.6 Å². The van der Waals surface area contributed by atoms with Crippen molar-refractivity contribution in [3.8, 4) is 6.07 Å². The first-order chi connectivity index (χ1) is 10.1. The largest absolute Gasteiger partial charge is 0.342 e. The third-order valence-corrected chi connectivity index (χ3v) is 3.48. The maximum atomic E-state index is 9.01. The lowest BCUT2D eigenvalue weighted by Crippen LogP contribution is -2.30. The molecular formula is C17H22N4. The second kappa shape index (κ2) is 7.07. The Morgan fingerprint density at radius 2 is 2.00 bits per heavy atom. The smallest absolute Gasteiger partial charge is 0.120 e. The van der Waals surface area contributed by atoms with Crippen molar-refractivity contribution < 1.29 is 0 Å². The van der Waals surface area contributed by atoms with E-state index in [9.17, 15) is 0 Å². The van der Waals surface area contributed by atoms with Crippen molar-refractivity contribution in [2.24, 2.45) is 7.05 Å². The highest BCUT2D eigenvalue weighted by atomic mass is 15.1. The number of hydrogen-bond donors (Lipinski definition) is 1. The molecular weight excluding hydrogens is 260 g/mol. The molecule has 1 heterocycles. The molecule has 0 saturated carbocycles. The zero-order valence-corrected chi connectivity index (χ0v) is 12.9. The van der Waals surface area contributed by atoms with Gasteiger partial charge in [0.15, 0.2) is 0 Å². The van der Waals surface area contributed by atoms with E-state index >= 15 is 0 Å². The fraction of sp³-hybridized carbons (Fsp3) is 0.353. The maximum Gasteiger partial charge on any atom is 0.120 e. The molecule has 2 rings (SSSR count). The van der Waals surface area contributed by atoms with Gasteiger partial charge in [-0.25, -0.2) is 0 Å². The summed E-state index contributed by atoms with van der Waals surface area (Å²) >= 11 is 0. The topological polar surface area (TPSA) is 44.0 Å². The summed E-state index contributed by atoms with van der Waals surface area (Å²) in [5, 5.41) is 12.6. The predicted octanol–water partition coefficient (Wildman–Crippen LogP) is 2.29. The van der Waals surface area contributed by atoms with E-state index < -0.39 is 0 Å². The molecule has 1 atom stereocenters. The van der Waals surface area contributed by atoms with Gasteiger partial charge in [-0.1, -0.05) is 30.3 Å². The van der Waals surface area contributed by atoms with Gasteiger partial charge in [0.1, 0.15) is 11.8 Å². The number of nitrogens with zero attached hydrogens (tertiary/aromatic N) is 3. The standard InChI is InChI=1S/C17H22N4/c1-20(2)13-17(15-7-5-4-6-8-15)19-11-14-9-16(10-18)21(3)12-14/h4-9,12,17,19H,11,13H2,1-3H3. The molecule has 0 amide bonds. The molecule has 21 heavy (non-hydrogen) atoms. The van der Waals surface area contributed by atoms with Gasteiger partial charge < -0.3 is 14.8 Å². The quantitative estimate of drug-likeness (QED) is 0.884. The summed E-state index contributed by atoms with van der Waals surface area (Å²) in [7, 11) is 6.05. The highest BCUT2D eigenvalue weighted by molar-refractivity contribution is 5.28. The molecule has 110 valence electrons. The van der Waals surface area contributed by atoms with Gasteiger partial charge in [-0.05, 0) is 31.3 Å². The van der Waals surface area contributed by atoms with Crippen molar-refractivity contribution in [3.63, 3.8) is 0 Å². The average Bonchev–Trinajstić information content (AvgIpc) is 2.84. The molecule has 4 heteroatoms. The van der Waals surface area contributed by atoms with Gasteiger partial charge in [0.25, 0.3) is 0 Å². The van der Waals surface area contributed by atoms with Crippen molar-refractivity contribution in [2.75, 3.05) is 20.6 Å². The molecule has 4 nitrogen and oxygen atoms in total. The number of nitriles is 1. The van der Waals surface area contributed by atoms with Crippen LogP contribution < -0.4 is 5.32 Å². The molecule has 1 unspecified atom stereocenters. The second-order valence-corrected chi connectivity index (χ2v) is 5.56. The molecule has 0 aliphatic carbocycles. The molecule has 2 aromatic rings. The lowest BCUT2D eigenvalue weighted by molar-refractivity contribution is 0.340. The lowest BCUT2D eigenvalue weighted by atomic mass is 10.1. The Hall–Kier alpha value is -2.09. The van der Waals surface area contributed by atoms with Crippen LogP contribution in [0.4, 0.5) is 0 Å². The number of aromatic nitrogens is 1. The maximum absolute atomic E-state index is 9.01. The molecule has 1 aromatic carbocycles. The molecule has 0 aliphatic rings. The summed E-state index contributed by atoms with van der Waals surface area (Å²) in [5.41, 5.74) is 3.10. The third-order valence-electron chi connectivity index (χ3n) is 3.48. The number of hydrogen-bond acceptors (Lipinski definition) is 3.